The zero-order valence-electron chi connectivity index (χ0n) is 27.0. The Balaban J connectivity index is 1.05. The van der Waals surface area contributed by atoms with E-state index in [1.165, 1.54) is 0 Å². The van der Waals surface area contributed by atoms with E-state index in [0.29, 0.717) is 17.5 Å². The predicted molar refractivity (Wildman–Crippen MR) is 203 cm³/mol. The number of para-hydroxylation sites is 2. The van der Waals surface area contributed by atoms with Gasteiger partial charge in [-0.05, 0) is 71.8 Å². The summed E-state index contributed by atoms with van der Waals surface area (Å²) < 4.78 is 18.7. The van der Waals surface area contributed by atoms with Crippen molar-refractivity contribution in [2.45, 2.75) is 0 Å². The number of benzene rings is 7. The molecule has 0 unspecified atom stereocenters. The highest BCUT2D eigenvalue weighted by Gasteiger charge is 2.18. The van der Waals surface area contributed by atoms with Gasteiger partial charge in [-0.3, -0.25) is 0 Å². The van der Waals surface area contributed by atoms with Crippen molar-refractivity contribution < 1.29 is 13.3 Å². The molecule has 0 aliphatic carbocycles. The van der Waals surface area contributed by atoms with Crippen LogP contribution in [-0.2, 0) is 0 Å². The average molecular weight is 656 g/mol. The molecule has 0 fully saturated rings. The molecule has 0 bridgehead atoms. The highest BCUT2D eigenvalue weighted by atomic mass is 16.3. The first-order valence-corrected chi connectivity index (χ1v) is 16.8. The number of hydrogen-bond donors (Lipinski definition) is 0. The van der Waals surface area contributed by atoms with Crippen LogP contribution in [0.4, 0.5) is 0 Å². The summed E-state index contributed by atoms with van der Waals surface area (Å²) in [4.78, 5) is 15.0. The molecule has 0 saturated carbocycles. The molecule has 11 rings (SSSR count). The van der Waals surface area contributed by atoms with Crippen LogP contribution in [0.2, 0.25) is 0 Å². The van der Waals surface area contributed by atoms with Crippen LogP contribution in [0.15, 0.2) is 165 Å². The van der Waals surface area contributed by atoms with E-state index in [4.69, 9.17) is 28.2 Å². The molecule has 0 spiro atoms. The van der Waals surface area contributed by atoms with Gasteiger partial charge in [0.2, 0.25) is 0 Å². The summed E-state index contributed by atoms with van der Waals surface area (Å²) in [5.41, 5.74) is 9.87. The molecule has 4 aromatic heterocycles. The first-order valence-electron chi connectivity index (χ1n) is 16.8. The van der Waals surface area contributed by atoms with Crippen LogP contribution in [0, 0.1) is 0 Å². The number of furan rings is 3. The van der Waals surface area contributed by atoms with Gasteiger partial charge >= 0.3 is 0 Å². The highest BCUT2D eigenvalue weighted by Crippen LogP contribution is 2.40. The van der Waals surface area contributed by atoms with Gasteiger partial charge in [0.1, 0.15) is 33.5 Å². The molecule has 0 N–H and O–H groups in total. The van der Waals surface area contributed by atoms with Crippen molar-refractivity contribution in [3.05, 3.63) is 152 Å². The van der Waals surface area contributed by atoms with Gasteiger partial charge in [-0.1, -0.05) is 91.0 Å². The molecular weight excluding hydrogens is 631 g/mol. The van der Waals surface area contributed by atoms with Crippen LogP contribution >= 0.6 is 0 Å². The van der Waals surface area contributed by atoms with Crippen molar-refractivity contribution >= 4 is 65.8 Å². The van der Waals surface area contributed by atoms with E-state index < -0.39 is 0 Å². The number of aromatic nitrogens is 3. The summed E-state index contributed by atoms with van der Waals surface area (Å²) in [7, 11) is 0. The summed E-state index contributed by atoms with van der Waals surface area (Å²) in [6, 6.07) is 51.2. The summed E-state index contributed by atoms with van der Waals surface area (Å²) in [5, 5.41) is 6.36. The van der Waals surface area contributed by atoms with Crippen molar-refractivity contribution in [3.8, 4) is 45.3 Å². The van der Waals surface area contributed by atoms with Crippen LogP contribution in [0.25, 0.3) is 111 Å². The average Bonchev–Trinajstić information content (AvgIpc) is 3.88. The first-order chi connectivity index (χ1) is 25.2. The molecule has 0 atom stereocenters. The lowest BCUT2D eigenvalue weighted by molar-refractivity contribution is 0.668. The predicted octanol–water partition coefficient (Wildman–Crippen LogP) is 12.2. The Morgan fingerprint density at radius 1 is 0.294 bits per heavy atom. The van der Waals surface area contributed by atoms with Crippen molar-refractivity contribution in [3.63, 3.8) is 0 Å². The molecule has 0 aliphatic heterocycles. The molecule has 6 nitrogen and oxygen atoms in total. The van der Waals surface area contributed by atoms with Crippen LogP contribution in [-0.4, -0.2) is 15.0 Å². The van der Waals surface area contributed by atoms with Gasteiger partial charge in [-0.2, -0.15) is 0 Å². The van der Waals surface area contributed by atoms with Crippen LogP contribution in [0.1, 0.15) is 0 Å². The largest absolute Gasteiger partial charge is 0.456 e. The number of nitrogens with zero attached hydrogens (tertiary/aromatic N) is 3. The molecule has 0 radical (unpaired) electrons. The molecule has 6 heteroatoms. The summed E-state index contributed by atoms with van der Waals surface area (Å²) in [6.07, 6.45) is 0. The maximum atomic E-state index is 6.46. The Kier molecular flexibility index (Phi) is 5.86. The van der Waals surface area contributed by atoms with Gasteiger partial charge in [0.25, 0.3) is 0 Å². The third kappa shape index (κ3) is 4.40. The zero-order valence-corrected chi connectivity index (χ0v) is 27.0. The Hall–Kier alpha value is -7.05. The van der Waals surface area contributed by atoms with E-state index in [0.717, 1.165) is 93.6 Å². The second kappa shape index (κ2) is 10.7. The Labute approximate surface area is 290 Å². The van der Waals surface area contributed by atoms with E-state index in [2.05, 4.69) is 60.7 Å². The van der Waals surface area contributed by atoms with Gasteiger partial charge in [0.15, 0.2) is 17.5 Å². The van der Waals surface area contributed by atoms with E-state index in [-0.39, 0.29) is 0 Å². The maximum absolute atomic E-state index is 6.46. The summed E-state index contributed by atoms with van der Waals surface area (Å²) in [5.74, 6) is 1.75. The fourth-order valence-electron chi connectivity index (χ4n) is 7.31. The molecule has 0 aliphatic rings. The minimum atomic E-state index is 0.567. The SMILES string of the molecule is c1ccc(-c2nc(-c3ccc4c(c3)oc3ccc(-c5cccc6oc7ccccc7c56)cc34)nc(-c3ccc4oc5ccccc5c4c3)n2)cc1. The second-order valence-corrected chi connectivity index (χ2v) is 12.8. The summed E-state index contributed by atoms with van der Waals surface area (Å²) >= 11 is 0. The first kappa shape index (κ1) is 27.9. The maximum Gasteiger partial charge on any atom is 0.164 e. The van der Waals surface area contributed by atoms with Crippen molar-refractivity contribution in [2.75, 3.05) is 0 Å². The lowest BCUT2D eigenvalue weighted by Gasteiger charge is -2.08. The topological polar surface area (TPSA) is 78.1 Å². The lowest BCUT2D eigenvalue weighted by atomic mass is 9.98. The normalized spacial score (nSPS) is 11.9. The fourth-order valence-corrected chi connectivity index (χ4v) is 7.31. The molecule has 51 heavy (non-hydrogen) atoms. The second-order valence-electron chi connectivity index (χ2n) is 12.8. The third-order valence-corrected chi connectivity index (χ3v) is 9.75. The Morgan fingerprint density at radius 3 is 1.59 bits per heavy atom. The molecule has 7 aromatic carbocycles. The van der Waals surface area contributed by atoms with E-state index in [1.54, 1.807) is 0 Å². The van der Waals surface area contributed by atoms with Crippen molar-refractivity contribution in [2.24, 2.45) is 0 Å². The Bertz CT molecular complexity index is 3150. The van der Waals surface area contributed by atoms with Crippen molar-refractivity contribution in [1.29, 1.82) is 0 Å². The standard InChI is InChI=1S/C45H25N3O3/c1-2-9-26(10-3-1)43-46-44(28-19-22-38-35(24-28)31-11-4-6-14-36(31)49-38)48-45(47-43)29-17-20-32-34-23-27(18-21-39(34)51-41(32)25-29)30-13-8-16-40-42(30)33-12-5-7-15-37(33)50-40/h1-25H. The van der Waals surface area contributed by atoms with Gasteiger partial charge in [-0.15, -0.1) is 0 Å². The smallest absolute Gasteiger partial charge is 0.164 e. The quantitative estimate of drug-likeness (QED) is 0.188. The van der Waals surface area contributed by atoms with Crippen LogP contribution in [0.5, 0.6) is 0 Å². The summed E-state index contributed by atoms with van der Waals surface area (Å²) in [6.45, 7) is 0. The van der Waals surface area contributed by atoms with Gasteiger partial charge in [0.05, 0.1) is 0 Å². The highest BCUT2D eigenvalue weighted by molar-refractivity contribution is 6.14. The van der Waals surface area contributed by atoms with Crippen LogP contribution in [0.3, 0.4) is 0 Å². The number of fused-ring (bicyclic) bond motifs is 9. The molecule has 238 valence electrons. The van der Waals surface area contributed by atoms with Gasteiger partial charge in [0, 0.05) is 49.0 Å². The zero-order chi connectivity index (χ0) is 33.5. The lowest BCUT2D eigenvalue weighted by Crippen LogP contribution is -2.00. The molecule has 11 aromatic rings. The minimum Gasteiger partial charge on any atom is -0.456 e. The molecule has 0 saturated heterocycles. The number of rotatable bonds is 4. The van der Waals surface area contributed by atoms with Crippen LogP contribution < -0.4 is 0 Å². The fraction of sp³-hybridized carbons (Fsp3) is 0. The molecule has 4 heterocycles. The van der Waals surface area contributed by atoms with E-state index >= 15 is 0 Å². The number of hydrogen-bond acceptors (Lipinski definition) is 6. The third-order valence-electron chi connectivity index (χ3n) is 9.75. The van der Waals surface area contributed by atoms with Crippen molar-refractivity contribution in [1.82, 2.24) is 15.0 Å². The monoisotopic (exact) mass is 655 g/mol. The van der Waals surface area contributed by atoms with E-state index in [1.807, 2.05) is 91.0 Å². The molecular formula is C45H25N3O3. The van der Waals surface area contributed by atoms with Gasteiger partial charge in [-0.25, -0.2) is 15.0 Å². The van der Waals surface area contributed by atoms with Gasteiger partial charge < -0.3 is 13.3 Å². The Morgan fingerprint density at radius 2 is 0.804 bits per heavy atom. The minimum absolute atomic E-state index is 0.567. The van der Waals surface area contributed by atoms with E-state index in [9.17, 15) is 0 Å². The molecule has 0 amide bonds.